The molecule has 1 saturated heterocycles. The van der Waals surface area contributed by atoms with Crippen molar-refractivity contribution in [3.63, 3.8) is 0 Å². The molecule has 1 amide bonds. The van der Waals surface area contributed by atoms with Gasteiger partial charge in [-0.1, -0.05) is 6.92 Å². The number of amides is 1. The standard InChI is InChI=1S/C23H21N5O2.2H2S/c1-15(23(29)28-10-4-6-21(28)25-2)11-17-14-27-20-8-7-18(12-19(17)20)30-22-16(13-24)5-3-9-26-22;;/h3,5,7-9,12,14-15,21,27H,4,6,10-11H2,1H3;2*1H2/t15-,21-;;/m0../s1. The van der Waals surface area contributed by atoms with Gasteiger partial charge in [-0.3, -0.25) is 14.5 Å². The normalized spacial score (nSPS) is 15.7. The van der Waals surface area contributed by atoms with Crippen LogP contribution in [0.15, 0.2) is 42.7 Å². The number of hydrogen-bond donors (Lipinski definition) is 1. The lowest BCUT2D eigenvalue weighted by Crippen LogP contribution is -2.38. The first-order chi connectivity index (χ1) is 14.6. The molecule has 1 aromatic carbocycles. The van der Waals surface area contributed by atoms with Crippen molar-refractivity contribution in [2.75, 3.05) is 6.54 Å². The van der Waals surface area contributed by atoms with Gasteiger partial charge in [0.1, 0.15) is 17.4 Å². The number of rotatable bonds is 5. The topological polar surface area (TPSA) is 86.4 Å². The SMILES string of the molecule is S.S.[C-]#[N+][C@@H]1CCCN1C(=O)[C@@H](C)Cc1c[nH]c2ccc(Oc3ncccc3C#N)cc12. The van der Waals surface area contributed by atoms with Crippen LogP contribution >= 0.6 is 27.0 Å². The van der Waals surface area contributed by atoms with Crippen LogP contribution in [0, 0.1) is 23.8 Å². The zero-order valence-corrected chi connectivity index (χ0v) is 19.6. The van der Waals surface area contributed by atoms with Crippen LogP contribution in [0.2, 0.25) is 0 Å². The predicted octanol–water partition coefficient (Wildman–Crippen LogP) is 4.50. The third kappa shape index (κ3) is 5.01. The summed E-state index contributed by atoms with van der Waals surface area (Å²) < 4.78 is 5.84. The summed E-state index contributed by atoms with van der Waals surface area (Å²) in [6.07, 6.45) is 5.38. The van der Waals surface area contributed by atoms with Crippen molar-refractivity contribution >= 4 is 43.8 Å². The van der Waals surface area contributed by atoms with Crippen LogP contribution in [0.1, 0.15) is 30.9 Å². The molecule has 166 valence electrons. The molecule has 3 aromatic rings. The summed E-state index contributed by atoms with van der Waals surface area (Å²) in [6.45, 7) is 9.87. The average molecular weight is 468 g/mol. The lowest BCUT2D eigenvalue weighted by Gasteiger charge is -2.20. The summed E-state index contributed by atoms with van der Waals surface area (Å²) in [5.74, 6) is 0.642. The third-order valence-electron chi connectivity index (χ3n) is 5.45. The van der Waals surface area contributed by atoms with E-state index in [4.69, 9.17) is 11.3 Å². The molecule has 1 N–H and O–H groups in total. The molecule has 2 aromatic heterocycles. The second-order valence-electron chi connectivity index (χ2n) is 7.48. The van der Waals surface area contributed by atoms with E-state index < -0.39 is 0 Å². The van der Waals surface area contributed by atoms with Crippen molar-refractivity contribution in [1.29, 1.82) is 5.26 Å². The molecule has 4 rings (SSSR count). The highest BCUT2D eigenvalue weighted by Gasteiger charge is 2.35. The second kappa shape index (κ2) is 10.9. The molecular weight excluding hydrogens is 442 g/mol. The van der Waals surface area contributed by atoms with Gasteiger partial charge in [-0.15, -0.1) is 0 Å². The molecule has 0 saturated carbocycles. The Balaban J connectivity index is 0.00000181. The van der Waals surface area contributed by atoms with Crippen LogP contribution in [0.5, 0.6) is 11.6 Å². The number of aromatic amines is 1. The Morgan fingerprint density at radius 3 is 3.00 bits per heavy atom. The Bertz CT molecular complexity index is 1180. The number of benzene rings is 1. The maximum Gasteiger partial charge on any atom is 0.300 e. The molecule has 1 aliphatic rings. The first kappa shape index (κ1) is 25.1. The van der Waals surface area contributed by atoms with Crippen molar-refractivity contribution in [3.8, 4) is 17.7 Å². The van der Waals surface area contributed by atoms with E-state index in [1.54, 1.807) is 23.2 Å². The number of likely N-dealkylation sites (tertiary alicyclic amines) is 1. The van der Waals surface area contributed by atoms with Crippen LogP contribution in [-0.2, 0) is 11.2 Å². The largest absolute Gasteiger partial charge is 0.438 e. The van der Waals surface area contributed by atoms with E-state index >= 15 is 0 Å². The monoisotopic (exact) mass is 467 g/mol. The van der Waals surface area contributed by atoms with Crippen LogP contribution in [0.25, 0.3) is 15.7 Å². The Labute approximate surface area is 201 Å². The minimum atomic E-state index is -0.323. The summed E-state index contributed by atoms with van der Waals surface area (Å²) >= 11 is 0. The highest BCUT2D eigenvalue weighted by molar-refractivity contribution is 7.59. The minimum Gasteiger partial charge on any atom is -0.438 e. The number of pyridine rings is 1. The molecule has 2 atom stereocenters. The Hall–Kier alpha value is -3.14. The molecule has 0 bridgehead atoms. The van der Waals surface area contributed by atoms with Crippen LogP contribution in [0.4, 0.5) is 0 Å². The van der Waals surface area contributed by atoms with E-state index in [-0.39, 0.29) is 50.9 Å². The van der Waals surface area contributed by atoms with Crippen molar-refractivity contribution in [3.05, 3.63) is 65.3 Å². The van der Waals surface area contributed by atoms with Crippen molar-refractivity contribution in [2.24, 2.45) is 5.92 Å². The summed E-state index contributed by atoms with van der Waals surface area (Å²) in [7, 11) is 0. The number of hydrogen-bond acceptors (Lipinski definition) is 4. The van der Waals surface area contributed by atoms with E-state index in [0.29, 0.717) is 24.3 Å². The molecule has 32 heavy (non-hydrogen) atoms. The second-order valence-corrected chi connectivity index (χ2v) is 7.48. The summed E-state index contributed by atoms with van der Waals surface area (Å²) in [5.41, 5.74) is 2.32. The smallest absolute Gasteiger partial charge is 0.300 e. The summed E-state index contributed by atoms with van der Waals surface area (Å²) in [5, 5.41) is 10.2. The minimum absolute atomic E-state index is 0. The van der Waals surface area contributed by atoms with Gasteiger partial charge in [0, 0.05) is 42.2 Å². The molecule has 0 radical (unpaired) electrons. The number of aromatic nitrogens is 2. The fraction of sp³-hybridized carbons (Fsp3) is 0.304. The van der Waals surface area contributed by atoms with Crippen molar-refractivity contribution < 1.29 is 9.53 Å². The quantitative estimate of drug-likeness (QED) is 0.560. The number of nitrogens with one attached hydrogen (secondary N) is 1. The van der Waals surface area contributed by atoms with Gasteiger partial charge in [0.25, 0.3) is 0 Å². The number of H-pyrrole nitrogens is 1. The maximum atomic E-state index is 12.9. The molecule has 7 nitrogen and oxygen atoms in total. The van der Waals surface area contributed by atoms with Gasteiger partial charge in [0.15, 0.2) is 0 Å². The van der Waals surface area contributed by atoms with Crippen molar-refractivity contribution in [1.82, 2.24) is 14.9 Å². The predicted molar refractivity (Wildman–Crippen MR) is 132 cm³/mol. The van der Waals surface area contributed by atoms with Crippen LogP contribution < -0.4 is 4.74 Å². The van der Waals surface area contributed by atoms with E-state index in [1.807, 2.05) is 31.3 Å². The van der Waals surface area contributed by atoms with Gasteiger partial charge in [-0.25, -0.2) is 11.6 Å². The average Bonchev–Trinajstić information content (AvgIpc) is 3.40. The molecule has 1 fully saturated rings. The van der Waals surface area contributed by atoms with Gasteiger partial charge in [0.2, 0.25) is 11.8 Å². The zero-order valence-electron chi connectivity index (χ0n) is 17.6. The fourth-order valence-electron chi connectivity index (χ4n) is 3.90. The molecule has 3 heterocycles. The number of carbonyl (C=O) groups is 1. The zero-order chi connectivity index (χ0) is 21.1. The van der Waals surface area contributed by atoms with Crippen molar-refractivity contribution in [2.45, 2.75) is 32.4 Å². The summed E-state index contributed by atoms with van der Waals surface area (Å²) in [6, 6.07) is 11.0. The number of carbonyl (C=O) groups excluding carboxylic acids is 1. The Morgan fingerprint density at radius 1 is 1.44 bits per heavy atom. The first-order valence-corrected chi connectivity index (χ1v) is 9.90. The Morgan fingerprint density at radius 2 is 2.25 bits per heavy atom. The van der Waals surface area contributed by atoms with Gasteiger partial charge >= 0.3 is 6.17 Å². The van der Waals surface area contributed by atoms with Crippen LogP contribution in [-0.4, -0.2) is 33.5 Å². The highest BCUT2D eigenvalue weighted by atomic mass is 32.1. The number of nitriles is 1. The van der Waals surface area contributed by atoms with E-state index in [2.05, 4.69) is 20.9 Å². The molecule has 0 unspecified atom stereocenters. The molecule has 9 heteroatoms. The number of fused-ring (bicyclic) bond motifs is 1. The lowest BCUT2D eigenvalue weighted by molar-refractivity contribution is -0.135. The van der Waals surface area contributed by atoms with Gasteiger partial charge in [0.05, 0.1) is 0 Å². The fourth-order valence-corrected chi connectivity index (χ4v) is 3.90. The molecule has 0 spiro atoms. The van der Waals surface area contributed by atoms with Gasteiger partial charge in [-0.05, 0) is 48.7 Å². The van der Waals surface area contributed by atoms with Gasteiger partial charge < -0.3 is 9.72 Å². The molecule has 0 aliphatic carbocycles. The van der Waals surface area contributed by atoms with E-state index in [1.165, 1.54) is 0 Å². The first-order valence-electron chi connectivity index (χ1n) is 9.90. The van der Waals surface area contributed by atoms with E-state index in [9.17, 15) is 10.1 Å². The summed E-state index contributed by atoms with van der Waals surface area (Å²) in [4.78, 5) is 25.5. The number of ether oxygens (including phenoxy) is 1. The highest BCUT2D eigenvalue weighted by Crippen LogP contribution is 2.30. The lowest BCUT2D eigenvalue weighted by atomic mass is 9.99. The maximum absolute atomic E-state index is 12.9. The molecular formula is C23H25N5O2S2. The number of nitrogens with zero attached hydrogens (tertiary/aromatic N) is 4. The Kier molecular flexibility index (Phi) is 8.59. The van der Waals surface area contributed by atoms with Crippen LogP contribution in [0.3, 0.4) is 0 Å². The molecule has 1 aliphatic heterocycles. The third-order valence-corrected chi connectivity index (χ3v) is 5.45. The van der Waals surface area contributed by atoms with E-state index in [0.717, 1.165) is 29.3 Å². The van der Waals surface area contributed by atoms with Gasteiger partial charge in [-0.2, -0.15) is 32.3 Å².